The predicted octanol–water partition coefficient (Wildman–Crippen LogP) is 1.72. The molecule has 0 aliphatic carbocycles. The van der Waals surface area contributed by atoms with Gasteiger partial charge in [-0.05, 0) is 22.0 Å². The Morgan fingerprint density at radius 2 is 2.45 bits per heavy atom. The third-order valence-corrected chi connectivity index (χ3v) is 1.59. The summed E-state index contributed by atoms with van der Waals surface area (Å²) < 4.78 is 13.4. The van der Waals surface area contributed by atoms with Gasteiger partial charge in [0.2, 0.25) is 0 Å². The molecule has 0 N–H and O–H groups in total. The van der Waals surface area contributed by atoms with Gasteiger partial charge >= 0.3 is 0 Å². The van der Waals surface area contributed by atoms with E-state index in [2.05, 4.69) is 20.9 Å². The van der Waals surface area contributed by atoms with E-state index in [4.69, 9.17) is 0 Å². The van der Waals surface area contributed by atoms with Crippen LogP contribution in [0.5, 0.6) is 0 Å². The summed E-state index contributed by atoms with van der Waals surface area (Å²) in [6.45, 7) is 0. The molecule has 0 spiro atoms. The van der Waals surface area contributed by atoms with E-state index < -0.39 is 5.82 Å². The molecule has 4 heteroatoms. The van der Waals surface area contributed by atoms with E-state index in [1.54, 1.807) is 0 Å². The van der Waals surface area contributed by atoms with Crippen LogP contribution in [-0.2, 0) is 11.2 Å². The predicted molar refractivity (Wildman–Crippen MR) is 41.7 cm³/mol. The molecule has 0 amide bonds. The zero-order chi connectivity index (χ0) is 8.27. The molecule has 0 unspecified atom stereocenters. The average Bonchev–Trinajstić information content (AvgIpc) is 1.95. The minimum atomic E-state index is -0.452. The Kier molecular flexibility index (Phi) is 2.70. The molecule has 1 rings (SSSR count). The normalized spacial score (nSPS) is 9.64. The smallest absolute Gasteiger partial charge is 0.146 e. The van der Waals surface area contributed by atoms with Crippen LogP contribution in [-0.4, -0.2) is 11.3 Å². The molecule has 0 aromatic carbocycles. The van der Waals surface area contributed by atoms with E-state index in [9.17, 15) is 9.18 Å². The number of nitrogens with zero attached hydrogens (tertiary/aromatic N) is 1. The van der Waals surface area contributed by atoms with Gasteiger partial charge in [0, 0.05) is 17.1 Å². The topological polar surface area (TPSA) is 30.0 Å². The molecule has 0 saturated carbocycles. The molecular weight excluding hydrogens is 213 g/mol. The molecular formula is C7H5BrFNO. The van der Waals surface area contributed by atoms with E-state index in [0.717, 1.165) is 0 Å². The zero-order valence-corrected chi connectivity index (χ0v) is 7.14. The average molecular weight is 218 g/mol. The van der Waals surface area contributed by atoms with Crippen molar-refractivity contribution in [1.29, 1.82) is 0 Å². The number of halogens is 2. The van der Waals surface area contributed by atoms with Crippen LogP contribution in [0.25, 0.3) is 0 Å². The molecule has 2 nitrogen and oxygen atoms in total. The maximum absolute atomic E-state index is 12.8. The maximum atomic E-state index is 12.8. The fourth-order valence-electron chi connectivity index (χ4n) is 0.672. The minimum Gasteiger partial charge on any atom is -0.303 e. The van der Waals surface area contributed by atoms with Crippen LogP contribution in [0, 0.1) is 5.82 Å². The Hall–Kier alpha value is -0.770. The number of carbonyl (C=O) groups is 1. The first kappa shape index (κ1) is 8.33. The summed E-state index contributed by atoms with van der Waals surface area (Å²) in [4.78, 5) is 13.7. The first-order valence-electron chi connectivity index (χ1n) is 2.97. The number of carbonyl (C=O) groups excluding carboxylic acids is 1. The molecule has 11 heavy (non-hydrogen) atoms. The van der Waals surface area contributed by atoms with Crippen molar-refractivity contribution in [3.8, 4) is 0 Å². The van der Waals surface area contributed by atoms with Gasteiger partial charge in [0.15, 0.2) is 0 Å². The third-order valence-electron chi connectivity index (χ3n) is 1.16. The molecule has 1 aromatic rings. The van der Waals surface area contributed by atoms with E-state index >= 15 is 0 Å². The fraction of sp³-hybridized carbons (Fsp3) is 0.143. The lowest BCUT2D eigenvalue weighted by atomic mass is 10.3. The van der Waals surface area contributed by atoms with Crippen molar-refractivity contribution < 1.29 is 9.18 Å². The van der Waals surface area contributed by atoms with Crippen LogP contribution in [0.15, 0.2) is 16.7 Å². The Morgan fingerprint density at radius 1 is 1.73 bits per heavy atom. The molecule has 0 saturated heterocycles. The Labute approximate surface area is 71.6 Å². The summed E-state index contributed by atoms with van der Waals surface area (Å²) >= 11 is 3.06. The molecule has 1 aromatic heterocycles. The number of aromatic nitrogens is 1. The quantitative estimate of drug-likeness (QED) is 0.707. The van der Waals surface area contributed by atoms with E-state index in [1.807, 2.05) is 0 Å². The molecule has 0 atom stereocenters. The molecule has 0 aliphatic heterocycles. The first-order chi connectivity index (χ1) is 5.24. The van der Waals surface area contributed by atoms with Gasteiger partial charge in [-0.3, -0.25) is 4.98 Å². The monoisotopic (exact) mass is 217 g/mol. The van der Waals surface area contributed by atoms with Gasteiger partial charge in [0.1, 0.15) is 12.1 Å². The molecule has 0 bridgehead atoms. The maximum Gasteiger partial charge on any atom is 0.146 e. The fourth-order valence-corrected chi connectivity index (χ4v) is 0.975. The second-order valence-corrected chi connectivity index (χ2v) is 2.87. The van der Waals surface area contributed by atoms with Gasteiger partial charge in [0.25, 0.3) is 0 Å². The highest BCUT2D eigenvalue weighted by atomic mass is 79.9. The van der Waals surface area contributed by atoms with Gasteiger partial charge in [-0.2, -0.15) is 0 Å². The molecule has 58 valence electrons. The minimum absolute atomic E-state index is 0.0269. The van der Waals surface area contributed by atoms with Gasteiger partial charge in [-0.15, -0.1) is 0 Å². The summed E-state index contributed by atoms with van der Waals surface area (Å²) in [7, 11) is 0. The number of hydrogen-bond acceptors (Lipinski definition) is 2. The highest BCUT2D eigenvalue weighted by Crippen LogP contribution is 2.11. The van der Waals surface area contributed by atoms with Crippen molar-refractivity contribution in [2.45, 2.75) is 6.42 Å². The number of hydrogen-bond donors (Lipinski definition) is 0. The summed E-state index contributed by atoms with van der Waals surface area (Å²) in [5, 5.41) is 0. The summed E-state index contributed by atoms with van der Waals surface area (Å²) in [6, 6.07) is 1.28. The highest BCUT2D eigenvalue weighted by Gasteiger charge is 2.02. The lowest BCUT2D eigenvalue weighted by molar-refractivity contribution is -0.107. The molecule has 0 aliphatic rings. The SMILES string of the molecule is O=CCc1ncc(Br)cc1F. The lowest BCUT2D eigenvalue weighted by Gasteiger charge is -1.96. The van der Waals surface area contributed by atoms with Gasteiger partial charge in [0.05, 0.1) is 5.69 Å². The largest absolute Gasteiger partial charge is 0.303 e. The molecule has 1 heterocycles. The van der Waals surface area contributed by atoms with E-state index in [1.165, 1.54) is 12.3 Å². The van der Waals surface area contributed by atoms with Crippen LogP contribution in [0.4, 0.5) is 4.39 Å². The first-order valence-corrected chi connectivity index (χ1v) is 3.77. The standard InChI is InChI=1S/C7H5BrFNO/c8-5-3-6(9)7(1-2-11)10-4-5/h2-4H,1H2. The Bertz CT molecular complexity index is 277. The number of pyridine rings is 1. The van der Waals surface area contributed by atoms with Crippen LogP contribution in [0.2, 0.25) is 0 Å². The summed E-state index contributed by atoms with van der Waals surface area (Å²) in [5.41, 5.74) is 0.184. The Morgan fingerprint density at radius 3 is 3.00 bits per heavy atom. The van der Waals surface area contributed by atoms with Crippen molar-refractivity contribution in [1.82, 2.24) is 4.98 Å². The summed E-state index contributed by atoms with van der Waals surface area (Å²) in [5.74, 6) is -0.452. The molecule has 0 radical (unpaired) electrons. The highest BCUT2D eigenvalue weighted by molar-refractivity contribution is 9.10. The molecule has 0 fully saturated rings. The van der Waals surface area contributed by atoms with Crippen LogP contribution in [0.3, 0.4) is 0 Å². The van der Waals surface area contributed by atoms with Crippen molar-refractivity contribution in [3.05, 3.63) is 28.2 Å². The van der Waals surface area contributed by atoms with Crippen molar-refractivity contribution in [2.75, 3.05) is 0 Å². The Balaban J connectivity index is 2.98. The van der Waals surface area contributed by atoms with Crippen molar-refractivity contribution in [2.24, 2.45) is 0 Å². The van der Waals surface area contributed by atoms with Crippen LogP contribution in [0.1, 0.15) is 5.69 Å². The summed E-state index contributed by atoms with van der Waals surface area (Å²) in [6.07, 6.45) is 2.11. The van der Waals surface area contributed by atoms with Crippen LogP contribution >= 0.6 is 15.9 Å². The van der Waals surface area contributed by atoms with Gasteiger partial charge < -0.3 is 4.79 Å². The van der Waals surface area contributed by atoms with E-state index in [0.29, 0.717) is 10.8 Å². The lowest BCUT2D eigenvalue weighted by Crippen LogP contribution is -1.95. The number of rotatable bonds is 2. The zero-order valence-electron chi connectivity index (χ0n) is 5.55. The van der Waals surface area contributed by atoms with Crippen LogP contribution < -0.4 is 0 Å². The van der Waals surface area contributed by atoms with Crippen molar-refractivity contribution in [3.63, 3.8) is 0 Å². The van der Waals surface area contributed by atoms with Gasteiger partial charge in [-0.25, -0.2) is 4.39 Å². The second kappa shape index (κ2) is 3.57. The van der Waals surface area contributed by atoms with E-state index in [-0.39, 0.29) is 12.1 Å². The third kappa shape index (κ3) is 2.08. The van der Waals surface area contributed by atoms with Gasteiger partial charge in [-0.1, -0.05) is 0 Å². The second-order valence-electron chi connectivity index (χ2n) is 1.95. The number of aldehydes is 1. The van der Waals surface area contributed by atoms with Crippen molar-refractivity contribution >= 4 is 22.2 Å².